The Morgan fingerprint density at radius 2 is 1.00 bits per heavy atom. The minimum Gasteiger partial charge on any atom is -0.480 e. The van der Waals surface area contributed by atoms with E-state index in [1.807, 2.05) is 0 Å². The molecular formula is C27H51NO14. The van der Waals surface area contributed by atoms with Gasteiger partial charge in [-0.05, 0) is 19.3 Å². The molecule has 1 aliphatic heterocycles. The van der Waals surface area contributed by atoms with E-state index >= 15 is 0 Å². The van der Waals surface area contributed by atoms with Gasteiger partial charge in [0.15, 0.2) is 6.29 Å². The van der Waals surface area contributed by atoms with Gasteiger partial charge >= 0.3 is 5.97 Å². The van der Waals surface area contributed by atoms with Crippen LogP contribution in [0.15, 0.2) is 0 Å². The van der Waals surface area contributed by atoms with Gasteiger partial charge in [0.2, 0.25) is 5.91 Å². The van der Waals surface area contributed by atoms with Crippen LogP contribution in [0.4, 0.5) is 0 Å². The van der Waals surface area contributed by atoms with Crippen LogP contribution in [0.1, 0.15) is 19.3 Å². The summed E-state index contributed by atoms with van der Waals surface area (Å²) in [6.07, 6.45) is 3.16. The van der Waals surface area contributed by atoms with Crippen LogP contribution in [0.25, 0.3) is 0 Å². The zero-order valence-electron chi connectivity index (χ0n) is 24.8. The second-order valence-electron chi connectivity index (χ2n) is 8.80. The monoisotopic (exact) mass is 613 g/mol. The molecule has 0 radical (unpaired) electrons. The van der Waals surface area contributed by atoms with Crippen LogP contribution >= 0.6 is 0 Å². The van der Waals surface area contributed by atoms with Crippen LogP contribution in [0.3, 0.4) is 0 Å². The van der Waals surface area contributed by atoms with Gasteiger partial charge < -0.3 is 62.5 Å². The summed E-state index contributed by atoms with van der Waals surface area (Å²) < 4.78 is 59.2. The molecule has 0 aliphatic carbocycles. The van der Waals surface area contributed by atoms with E-state index in [0.29, 0.717) is 119 Å². The first-order valence-electron chi connectivity index (χ1n) is 14.6. The summed E-state index contributed by atoms with van der Waals surface area (Å²) in [7, 11) is 0. The molecule has 1 saturated heterocycles. The highest BCUT2D eigenvalue weighted by Gasteiger charge is 2.13. The molecule has 0 saturated carbocycles. The van der Waals surface area contributed by atoms with E-state index in [1.54, 1.807) is 0 Å². The van der Waals surface area contributed by atoms with Crippen LogP contribution < -0.4 is 5.32 Å². The van der Waals surface area contributed by atoms with Crippen LogP contribution in [-0.2, 0) is 61.7 Å². The summed E-state index contributed by atoms with van der Waals surface area (Å²) >= 11 is 0. The zero-order valence-corrected chi connectivity index (χ0v) is 24.8. The number of carboxylic acids is 1. The van der Waals surface area contributed by atoms with Crippen LogP contribution in [0.2, 0.25) is 0 Å². The number of amides is 1. The minimum absolute atomic E-state index is 0.0746. The van der Waals surface area contributed by atoms with E-state index in [9.17, 15) is 9.59 Å². The molecule has 1 atom stereocenters. The van der Waals surface area contributed by atoms with Gasteiger partial charge in [-0.1, -0.05) is 0 Å². The number of nitrogens with one attached hydrogen (secondary N) is 1. The van der Waals surface area contributed by atoms with E-state index in [-0.39, 0.29) is 12.9 Å². The molecule has 0 aromatic carbocycles. The molecule has 1 unspecified atom stereocenters. The number of carbonyl (C=O) groups excluding carboxylic acids is 1. The fourth-order valence-corrected chi connectivity index (χ4v) is 3.27. The van der Waals surface area contributed by atoms with Crippen molar-refractivity contribution in [3.63, 3.8) is 0 Å². The largest absolute Gasteiger partial charge is 0.480 e. The topological polar surface area (TPSA) is 168 Å². The average Bonchev–Trinajstić information content (AvgIpc) is 2.99. The number of hydrogen-bond donors (Lipinski definition) is 2. The summed E-state index contributed by atoms with van der Waals surface area (Å²) in [5.41, 5.74) is 0. The van der Waals surface area contributed by atoms with Crippen molar-refractivity contribution >= 4 is 11.9 Å². The zero-order chi connectivity index (χ0) is 30.2. The number of carbonyl (C=O) groups is 2. The Labute approximate surface area is 248 Å². The fourth-order valence-electron chi connectivity index (χ4n) is 3.27. The van der Waals surface area contributed by atoms with Crippen molar-refractivity contribution in [2.75, 3.05) is 139 Å². The maximum absolute atomic E-state index is 11.3. The van der Waals surface area contributed by atoms with Crippen molar-refractivity contribution in [2.24, 2.45) is 0 Å². The number of rotatable bonds is 32. The molecule has 42 heavy (non-hydrogen) atoms. The van der Waals surface area contributed by atoms with E-state index in [0.717, 1.165) is 25.9 Å². The lowest BCUT2D eigenvalue weighted by molar-refractivity contribution is -0.169. The number of aliphatic carboxylic acids is 1. The first-order chi connectivity index (χ1) is 20.7. The quantitative estimate of drug-likeness (QED) is 0.0964. The molecule has 0 aromatic rings. The van der Waals surface area contributed by atoms with Gasteiger partial charge in [0.05, 0.1) is 112 Å². The smallest absolute Gasteiger partial charge is 0.329 e. The molecule has 2 N–H and O–H groups in total. The van der Waals surface area contributed by atoms with Gasteiger partial charge in [0.1, 0.15) is 13.2 Å². The maximum Gasteiger partial charge on any atom is 0.329 e. The lowest BCUT2D eigenvalue weighted by atomic mass is 10.2. The van der Waals surface area contributed by atoms with Crippen molar-refractivity contribution in [3.8, 4) is 0 Å². The van der Waals surface area contributed by atoms with Crippen LogP contribution in [-0.4, -0.2) is 162 Å². The van der Waals surface area contributed by atoms with Gasteiger partial charge in [-0.25, -0.2) is 4.79 Å². The third kappa shape index (κ3) is 28.6. The van der Waals surface area contributed by atoms with Gasteiger partial charge in [-0.15, -0.1) is 0 Å². The molecule has 248 valence electrons. The Hall–Kier alpha value is -1.50. The van der Waals surface area contributed by atoms with Crippen molar-refractivity contribution in [2.45, 2.75) is 25.6 Å². The Morgan fingerprint density at radius 3 is 1.40 bits per heavy atom. The molecule has 1 amide bonds. The summed E-state index contributed by atoms with van der Waals surface area (Å²) in [6, 6.07) is 0. The SMILES string of the molecule is O=C(O)COCC(=O)NCCOCCOCCOCCOCCOCCOCCOCCOCCOC1CCCCO1. The summed E-state index contributed by atoms with van der Waals surface area (Å²) in [5.74, 6) is -1.52. The maximum atomic E-state index is 11.3. The first kappa shape index (κ1) is 38.5. The number of ether oxygens (including phenoxy) is 11. The summed E-state index contributed by atoms with van der Waals surface area (Å²) in [4.78, 5) is 21.6. The standard InChI is InChI=1S/C27H51NO14/c29-25(23-40-24-26(30)31)28-4-6-32-7-8-33-9-10-34-11-12-35-13-14-36-15-16-37-17-18-38-19-20-39-21-22-42-27-3-1-2-5-41-27/h27H,1-24H2,(H,28,29)(H,30,31). The average molecular weight is 614 g/mol. The van der Waals surface area contributed by atoms with Crippen molar-refractivity contribution < 1.29 is 66.8 Å². The van der Waals surface area contributed by atoms with Crippen LogP contribution in [0.5, 0.6) is 0 Å². The predicted octanol–water partition coefficient (Wildman–Crippen LogP) is -0.120. The van der Waals surface area contributed by atoms with E-state index in [4.69, 9.17) is 52.5 Å². The lowest BCUT2D eigenvalue weighted by Gasteiger charge is -2.22. The Bertz CT molecular complexity index is 609. The Morgan fingerprint density at radius 1 is 0.571 bits per heavy atom. The predicted molar refractivity (Wildman–Crippen MR) is 148 cm³/mol. The fraction of sp³-hybridized carbons (Fsp3) is 0.926. The second kappa shape index (κ2) is 30.9. The molecular weight excluding hydrogens is 562 g/mol. The third-order valence-electron chi connectivity index (χ3n) is 5.30. The first-order valence-corrected chi connectivity index (χ1v) is 14.6. The van der Waals surface area contributed by atoms with Crippen molar-refractivity contribution in [3.05, 3.63) is 0 Å². The van der Waals surface area contributed by atoms with Crippen molar-refractivity contribution in [1.29, 1.82) is 0 Å². The van der Waals surface area contributed by atoms with Gasteiger partial charge in [0, 0.05) is 13.2 Å². The number of hydrogen-bond acceptors (Lipinski definition) is 13. The molecule has 1 fully saturated rings. The minimum atomic E-state index is -1.12. The highest BCUT2D eigenvalue weighted by Crippen LogP contribution is 2.13. The highest BCUT2D eigenvalue weighted by atomic mass is 16.7. The lowest BCUT2D eigenvalue weighted by Crippen LogP contribution is -2.31. The third-order valence-corrected chi connectivity index (χ3v) is 5.30. The number of carboxylic acid groups (broad SMARTS) is 1. The van der Waals surface area contributed by atoms with Gasteiger partial charge in [-0.2, -0.15) is 0 Å². The normalized spacial score (nSPS) is 15.2. The summed E-state index contributed by atoms with van der Waals surface area (Å²) in [6.45, 7) is 8.30. The Kier molecular flexibility index (Phi) is 28.4. The molecule has 1 heterocycles. The van der Waals surface area contributed by atoms with E-state index in [2.05, 4.69) is 10.1 Å². The van der Waals surface area contributed by atoms with E-state index in [1.165, 1.54) is 0 Å². The highest BCUT2D eigenvalue weighted by molar-refractivity contribution is 5.77. The molecule has 1 rings (SSSR count). The Balaban J connectivity index is 1.63. The molecule has 15 nitrogen and oxygen atoms in total. The molecule has 0 spiro atoms. The van der Waals surface area contributed by atoms with Gasteiger partial charge in [0.25, 0.3) is 0 Å². The van der Waals surface area contributed by atoms with Crippen molar-refractivity contribution in [1.82, 2.24) is 5.32 Å². The molecule has 15 heteroatoms. The molecule has 0 bridgehead atoms. The van der Waals surface area contributed by atoms with Gasteiger partial charge in [-0.3, -0.25) is 4.79 Å². The van der Waals surface area contributed by atoms with Crippen LogP contribution in [0, 0.1) is 0 Å². The second-order valence-corrected chi connectivity index (χ2v) is 8.80. The summed E-state index contributed by atoms with van der Waals surface area (Å²) in [5, 5.41) is 11.0. The molecule has 1 aliphatic rings. The van der Waals surface area contributed by atoms with E-state index < -0.39 is 18.5 Å². The molecule has 0 aromatic heterocycles.